The standard InChI is InChI=1S/C11H20O/c1-2-10-7-5-3-4-6-8-11(12)9-10/h10H,2-9H2,1H3. The summed E-state index contributed by atoms with van der Waals surface area (Å²) in [6.45, 7) is 2.20. The van der Waals surface area contributed by atoms with E-state index >= 15 is 0 Å². The van der Waals surface area contributed by atoms with Gasteiger partial charge in [0.1, 0.15) is 5.78 Å². The van der Waals surface area contributed by atoms with E-state index in [1.165, 1.54) is 32.1 Å². The molecule has 1 nitrogen and oxygen atoms in total. The molecule has 0 amide bonds. The van der Waals surface area contributed by atoms with Crippen LogP contribution in [-0.4, -0.2) is 5.78 Å². The van der Waals surface area contributed by atoms with Gasteiger partial charge in [-0.25, -0.2) is 0 Å². The second-order valence-corrected chi connectivity index (χ2v) is 3.97. The Labute approximate surface area is 75.5 Å². The molecule has 0 N–H and O–H groups in total. The number of hydrogen-bond donors (Lipinski definition) is 0. The van der Waals surface area contributed by atoms with Crippen LogP contribution in [0.1, 0.15) is 58.3 Å². The largest absolute Gasteiger partial charge is 0.300 e. The quantitative estimate of drug-likeness (QED) is 0.587. The van der Waals surface area contributed by atoms with Crippen LogP contribution in [0.2, 0.25) is 0 Å². The third-order valence-electron chi connectivity index (χ3n) is 2.91. The Kier molecular flexibility index (Phi) is 4.34. The van der Waals surface area contributed by atoms with Gasteiger partial charge in [-0.15, -0.1) is 0 Å². The summed E-state index contributed by atoms with van der Waals surface area (Å²) in [6, 6.07) is 0. The van der Waals surface area contributed by atoms with Gasteiger partial charge in [-0.05, 0) is 12.3 Å². The van der Waals surface area contributed by atoms with Crippen LogP contribution in [0.5, 0.6) is 0 Å². The molecule has 0 aliphatic heterocycles. The Hall–Kier alpha value is -0.330. The van der Waals surface area contributed by atoms with Crippen molar-refractivity contribution >= 4 is 5.78 Å². The van der Waals surface area contributed by atoms with Gasteiger partial charge in [-0.3, -0.25) is 4.79 Å². The van der Waals surface area contributed by atoms with E-state index in [1.807, 2.05) is 0 Å². The molecule has 1 saturated carbocycles. The summed E-state index contributed by atoms with van der Waals surface area (Å²) in [4.78, 5) is 11.4. The Balaban J connectivity index is 2.37. The minimum Gasteiger partial charge on any atom is -0.300 e. The van der Waals surface area contributed by atoms with Gasteiger partial charge in [0.2, 0.25) is 0 Å². The van der Waals surface area contributed by atoms with Crippen molar-refractivity contribution in [1.29, 1.82) is 0 Å². The molecular weight excluding hydrogens is 148 g/mol. The van der Waals surface area contributed by atoms with Crippen LogP contribution in [0.25, 0.3) is 0 Å². The first-order valence-electron chi connectivity index (χ1n) is 5.34. The van der Waals surface area contributed by atoms with Crippen LogP contribution in [-0.2, 0) is 4.79 Å². The summed E-state index contributed by atoms with van der Waals surface area (Å²) >= 11 is 0. The molecule has 0 aromatic carbocycles. The SMILES string of the molecule is CCC1CCCCCCC(=O)C1. The van der Waals surface area contributed by atoms with Crippen molar-refractivity contribution in [3.05, 3.63) is 0 Å². The van der Waals surface area contributed by atoms with Crippen molar-refractivity contribution in [2.45, 2.75) is 58.3 Å². The molecule has 0 aromatic heterocycles. The van der Waals surface area contributed by atoms with E-state index in [4.69, 9.17) is 0 Å². The lowest BCUT2D eigenvalue weighted by molar-refractivity contribution is -0.120. The molecule has 0 heterocycles. The summed E-state index contributed by atoms with van der Waals surface area (Å²) in [5.74, 6) is 1.19. The smallest absolute Gasteiger partial charge is 0.133 e. The van der Waals surface area contributed by atoms with Gasteiger partial charge in [0.15, 0.2) is 0 Å². The fourth-order valence-electron chi connectivity index (χ4n) is 1.98. The highest BCUT2D eigenvalue weighted by Crippen LogP contribution is 2.21. The maximum absolute atomic E-state index is 11.4. The first-order chi connectivity index (χ1) is 5.83. The molecule has 0 radical (unpaired) electrons. The van der Waals surface area contributed by atoms with Gasteiger partial charge in [-0.2, -0.15) is 0 Å². The van der Waals surface area contributed by atoms with E-state index in [0.717, 1.165) is 19.3 Å². The van der Waals surface area contributed by atoms with Gasteiger partial charge < -0.3 is 0 Å². The van der Waals surface area contributed by atoms with E-state index in [1.54, 1.807) is 0 Å². The van der Waals surface area contributed by atoms with E-state index in [-0.39, 0.29) is 0 Å². The molecule has 1 aliphatic carbocycles. The van der Waals surface area contributed by atoms with Crippen molar-refractivity contribution in [3.8, 4) is 0 Å². The number of hydrogen-bond acceptors (Lipinski definition) is 1. The van der Waals surface area contributed by atoms with Crippen molar-refractivity contribution in [3.63, 3.8) is 0 Å². The zero-order valence-corrected chi connectivity index (χ0v) is 8.14. The maximum Gasteiger partial charge on any atom is 0.133 e. The van der Waals surface area contributed by atoms with Crippen LogP contribution < -0.4 is 0 Å². The average molecular weight is 168 g/mol. The topological polar surface area (TPSA) is 17.1 Å². The van der Waals surface area contributed by atoms with Crippen LogP contribution in [0, 0.1) is 5.92 Å². The van der Waals surface area contributed by atoms with Crippen molar-refractivity contribution in [2.24, 2.45) is 5.92 Å². The lowest BCUT2D eigenvalue weighted by Crippen LogP contribution is -2.06. The van der Waals surface area contributed by atoms with Gasteiger partial charge in [0.25, 0.3) is 0 Å². The van der Waals surface area contributed by atoms with Crippen molar-refractivity contribution in [1.82, 2.24) is 0 Å². The predicted octanol–water partition coefficient (Wildman–Crippen LogP) is 3.33. The monoisotopic (exact) mass is 168 g/mol. The highest BCUT2D eigenvalue weighted by atomic mass is 16.1. The third-order valence-corrected chi connectivity index (χ3v) is 2.91. The van der Waals surface area contributed by atoms with Gasteiger partial charge in [0.05, 0.1) is 0 Å². The summed E-state index contributed by atoms with van der Waals surface area (Å²) in [5, 5.41) is 0. The molecule has 1 unspecified atom stereocenters. The molecule has 1 heteroatoms. The molecule has 12 heavy (non-hydrogen) atoms. The minimum atomic E-state index is 0.503. The lowest BCUT2D eigenvalue weighted by atomic mass is 9.94. The van der Waals surface area contributed by atoms with E-state index in [9.17, 15) is 4.79 Å². The third kappa shape index (κ3) is 3.38. The van der Waals surface area contributed by atoms with Crippen LogP contribution >= 0.6 is 0 Å². The molecule has 70 valence electrons. The Bertz CT molecular complexity index is 140. The highest BCUT2D eigenvalue weighted by molar-refractivity contribution is 5.78. The van der Waals surface area contributed by atoms with Crippen LogP contribution in [0.3, 0.4) is 0 Å². The first-order valence-corrected chi connectivity index (χ1v) is 5.34. The first kappa shape index (κ1) is 9.76. The van der Waals surface area contributed by atoms with E-state index in [0.29, 0.717) is 11.7 Å². The predicted molar refractivity (Wildman–Crippen MR) is 51.1 cm³/mol. The summed E-state index contributed by atoms with van der Waals surface area (Å²) < 4.78 is 0. The Morgan fingerprint density at radius 2 is 2.00 bits per heavy atom. The molecule has 1 rings (SSSR count). The molecule has 0 aromatic rings. The summed E-state index contributed by atoms with van der Waals surface area (Å²) in [6.07, 6.45) is 9.24. The van der Waals surface area contributed by atoms with Gasteiger partial charge in [0, 0.05) is 12.8 Å². The van der Waals surface area contributed by atoms with E-state index < -0.39 is 0 Å². The lowest BCUT2D eigenvalue weighted by Gasteiger charge is -2.11. The zero-order chi connectivity index (χ0) is 8.81. The van der Waals surface area contributed by atoms with Crippen LogP contribution in [0.4, 0.5) is 0 Å². The molecule has 0 spiro atoms. The zero-order valence-electron chi connectivity index (χ0n) is 8.14. The fraction of sp³-hybridized carbons (Fsp3) is 0.909. The maximum atomic E-state index is 11.4. The average Bonchev–Trinajstić information content (AvgIpc) is 2.16. The number of carbonyl (C=O) groups excluding carboxylic acids is 1. The summed E-state index contributed by atoms with van der Waals surface area (Å²) in [5.41, 5.74) is 0. The number of carbonyl (C=O) groups is 1. The number of ketones is 1. The highest BCUT2D eigenvalue weighted by Gasteiger charge is 2.13. The van der Waals surface area contributed by atoms with Gasteiger partial charge >= 0.3 is 0 Å². The van der Waals surface area contributed by atoms with Crippen molar-refractivity contribution < 1.29 is 4.79 Å². The van der Waals surface area contributed by atoms with Gasteiger partial charge in [-0.1, -0.05) is 39.0 Å². The molecule has 1 fully saturated rings. The molecule has 0 bridgehead atoms. The molecular formula is C11H20O. The Morgan fingerprint density at radius 1 is 1.25 bits per heavy atom. The molecule has 1 atom stereocenters. The molecule has 1 aliphatic rings. The Morgan fingerprint density at radius 3 is 2.75 bits per heavy atom. The number of rotatable bonds is 1. The van der Waals surface area contributed by atoms with E-state index in [2.05, 4.69) is 6.92 Å². The fourth-order valence-corrected chi connectivity index (χ4v) is 1.98. The molecule has 0 saturated heterocycles. The second-order valence-electron chi connectivity index (χ2n) is 3.97. The second kappa shape index (κ2) is 5.34. The van der Waals surface area contributed by atoms with Crippen LogP contribution in [0.15, 0.2) is 0 Å². The summed E-state index contributed by atoms with van der Waals surface area (Å²) in [7, 11) is 0. The minimum absolute atomic E-state index is 0.503. The normalized spacial score (nSPS) is 27.4. The van der Waals surface area contributed by atoms with Crippen molar-refractivity contribution in [2.75, 3.05) is 0 Å². The number of Topliss-reactive ketones (excluding diaryl/α,β-unsaturated/α-hetero) is 1.